The first kappa shape index (κ1) is 14.1. The Morgan fingerprint density at radius 3 is 2.68 bits per heavy atom. The minimum Gasteiger partial charge on any atom is -0.486 e. The van der Waals surface area contributed by atoms with E-state index in [4.69, 9.17) is 9.47 Å². The summed E-state index contributed by atoms with van der Waals surface area (Å²) in [6.45, 7) is 4.22. The van der Waals surface area contributed by atoms with Gasteiger partial charge in [-0.3, -0.25) is 4.79 Å². The Morgan fingerprint density at radius 1 is 1.32 bits per heavy atom. The topological polar surface area (TPSA) is 52.6 Å². The summed E-state index contributed by atoms with van der Waals surface area (Å²) in [6, 6.07) is 3.39. The first-order chi connectivity index (χ1) is 8.99. The van der Waals surface area contributed by atoms with Crippen molar-refractivity contribution in [3.05, 3.63) is 22.2 Å². The summed E-state index contributed by atoms with van der Waals surface area (Å²) in [5.41, 5.74) is 0.532. The lowest BCUT2D eigenvalue weighted by Crippen LogP contribution is -2.18. The molecular weight excluding hydrogens is 312 g/mol. The fraction of sp³-hybridized carbons (Fsp3) is 0.429. The lowest BCUT2D eigenvalue weighted by molar-refractivity contribution is -0.117. The third-order valence-electron chi connectivity index (χ3n) is 2.92. The molecule has 0 spiro atoms. The zero-order valence-electron chi connectivity index (χ0n) is 10.9. The molecule has 1 aliphatic rings. The molecule has 1 aliphatic heterocycles. The Morgan fingerprint density at radius 2 is 2.00 bits per heavy atom. The van der Waals surface area contributed by atoms with Crippen LogP contribution in [0.25, 0.3) is 0 Å². The number of rotatable bonds is 4. The highest BCUT2D eigenvalue weighted by Gasteiger charge is 2.22. The van der Waals surface area contributed by atoms with Gasteiger partial charge in [-0.15, -0.1) is 0 Å². The van der Waals surface area contributed by atoms with Gasteiger partial charge in [-0.25, -0.2) is 0 Å². The van der Waals surface area contributed by atoms with E-state index in [1.54, 1.807) is 19.1 Å². The van der Waals surface area contributed by atoms with E-state index < -0.39 is 0 Å². The summed E-state index contributed by atoms with van der Waals surface area (Å²) >= 11 is 3.38. The number of halogens is 1. The third kappa shape index (κ3) is 3.15. The standard InChI is InChI=1S/C14H15BrO4/c1-8(5-9(2)16)13(17)10-6-11(15)14-12(7-10)18-3-4-19-14/h6-8H,3-5H2,1-2H3. The maximum atomic E-state index is 12.2. The highest BCUT2D eigenvalue weighted by atomic mass is 79.9. The summed E-state index contributed by atoms with van der Waals surface area (Å²) in [6.07, 6.45) is 0.255. The van der Waals surface area contributed by atoms with E-state index in [-0.39, 0.29) is 23.9 Å². The predicted molar refractivity (Wildman–Crippen MR) is 73.9 cm³/mol. The molecule has 2 rings (SSSR count). The monoisotopic (exact) mass is 326 g/mol. The molecule has 0 amide bonds. The summed E-state index contributed by atoms with van der Waals surface area (Å²) < 4.78 is 11.7. The highest BCUT2D eigenvalue weighted by molar-refractivity contribution is 9.10. The predicted octanol–water partition coefficient (Wildman–Crippen LogP) is 3.02. The van der Waals surface area contributed by atoms with Gasteiger partial charge in [-0.2, -0.15) is 0 Å². The third-order valence-corrected chi connectivity index (χ3v) is 3.51. The van der Waals surface area contributed by atoms with Gasteiger partial charge in [0.15, 0.2) is 17.3 Å². The molecule has 102 valence electrons. The van der Waals surface area contributed by atoms with Crippen molar-refractivity contribution in [3.63, 3.8) is 0 Å². The van der Waals surface area contributed by atoms with Gasteiger partial charge in [0, 0.05) is 17.9 Å². The fourth-order valence-corrected chi connectivity index (χ4v) is 2.62. The van der Waals surface area contributed by atoms with E-state index in [0.717, 1.165) is 0 Å². The van der Waals surface area contributed by atoms with Crippen LogP contribution < -0.4 is 9.47 Å². The number of carbonyl (C=O) groups is 2. The Labute approximate surface area is 120 Å². The van der Waals surface area contributed by atoms with E-state index in [0.29, 0.717) is 34.7 Å². The summed E-state index contributed by atoms with van der Waals surface area (Å²) in [7, 11) is 0. The molecule has 0 fully saturated rings. The van der Waals surface area contributed by atoms with Gasteiger partial charge in [-0.1, -0.05) is 6.92 Å². The minimum atomic E-state index is -0.327. The molecule has 0 saturated heterocycles. The maximum absolute atomic E-state index is 12.2. The summed E-state index contributed by atoms with van der Waals surface area (Å²) in [5, 5.41) is 0. The van der Waals surface area contributed by atoms with Crippen molar-refractivity contribution >= 4 is 27.5 Å². The highest BCUT2D eigenvalue weighted by Crippen LogP contribution is 2.39. The number of fused-ring (bicyclic) bond motifs is 1. The maximum Gasteiger partial charge on any atom is 0.175 e. The number of hydrogen-bond donors (Lipinski definition) is 0. The minimum absolute atomic E-state index is 0.0115. The van der Waals surface area contributed by atoms with Gasteiger partial charge in [-0.05, 0) is 35.0 Å². The fourth-order valence-electron chi connectivity index (χ4n) is 2.06. The van der Waals surface area contributed by atoms with Crippen LogP contribution in [-0.2, 0) is 4.79 Å². The number of hydrogen-bond acceptors (Lipinski definition) is 4. The molecule has 5 heteroatoms. The first-order valence-electron chi connectivity index (χ1n) is 6.12. The smallest absolute Gasteiger partial charge is 0.175 e. The van der Waals surface area contributed by atoms with Crippen molar-refractivity contribution in [2.75, 3.05) is 13.2 Å². The lowest BCUT2D eigenvalue weighted by atomic mass is 9.94. The van der Waals surface area contributed by atoms with Crippen molar-refractivity contribution in [1.82, 2.24) is 0 Å². The van der Waals surface area contributed by atoms with Crippen molar-refractivity contribution in [3.8, 4) is 11.5 Å². The average molecular weight is 327 g/mol. The van der Waals surface area contributed by atoms with E-state index in [1.165, 1.54) is 6.92 Å². The molecule has 0 radical (unpaired) electrons. The quantitative estimate of drug-likeness (QED) is 0.798. The molecule has 4 nitrogen and oxygen atoms in total. The second-order valence-electron chi connectivity index (χ2n) is 4.65. The molecule has 1 heterocycles. The zero-order valence-corrected chi connectivity index (χ0v) is 12.5. The van der Waals surface area contributed by atoms with Gasteiger partial charge in [0.05, 0.1) is 4.47 Å². The number of benzene rings is 1. The van der Waals surface area contributed by atoms with Gasteiger partial charge in [0.25, 0.3) is 0 Å². The average Bonchev–Trinajstić information content (AvgIpc) is 2.37. The number of ether oxygens (including phenoxy) is 2. The van der Waals surface area contributed by atoms with Crippen LogP contribution in [-0.4, -0.2) is 24.8 Å². The molecule has 0 aliphatic carbocycles. The molecule has 1 unspecified atom stereocenters. The van der Waals surface area contributed by atoms with Crippen LogP contribution in [0.2, 0.25) is 0 Å². The normalized spacial score (nSPS) is 14.9. The van der Waals surface area contributed by atoms with E-state index in [2.05, 4.69) is 15.9 Å². The van der Waals surface area contributed by atoms with Crippen molar-refractivity contribution in [2.24, 2.45) is 5.92 Å². The molecule has 1 aromatic rings. The lowest BCUT2D eigenvalue weighted by Gasteiger charge is -2.20. The Hall–Kier alpha value is -1.36. The molecule has 0 N–H and O–H groups in total. The van der Waals surface area contributed by atoms with Crippen LogP contribution in [0.1, 0.15) is 30.6 Å². The Kier molecular flexibility index (Phi) is 4.24. The number of ketones is 2. The zero-order chi connectivity index (χ0) is 14.0. The van der Waals surface area contributed by atoms with Crippen LogP contribution in [0.3, 0.4) is 0 Å². The summed E-state index contributed by atoms with van der Waals surface area (Å²) in [4.78, 5) is 23.3. The molecule has 1 atom stereocenters. The number of Topliss-reactive ketones (excluding diaryl/α,β-unsaturated/α-hetero) is 2. The van der Waals surface area contributed by atoms with Gasteiger partial charge in [0.1, 0.15) is 19.0 Å². The first-order valence-corrected chi connectivity index (χ1v) is 6.91. The Balaban J connectivity index is 2.28. The van der Waals surface area contributed by atoms with Crippen LogP contribution in [0.4, 0.5) is 0 Å². The molecule has 0 bridgehead atoms. The molecule has 1 aromatic carbocycles. The molecule has 0 aromatic heterocycles. The molecular formula is C14H15BrO4. The SMILES string of the molecule is CC(=O)CC(C)C(=O)c1cc(Br)c2c(c1)OCCO2. The van der Waals surface area contributed by atoms with Gasteiger partial charge >= 0.3 is 0 Å². The van der Waals surface area contributed by atoms with Crippen LogP contribution >= 0.6 is 15.9 Å². The van der Waals surface area contributed by atoms with Crippen LogP contribution in [0.5, 0.6) is 11.5 Å². The molecule has 0 saturated carbocycles. The molecule has 19 heavy (non-hydrogen) atoms. The van der Waals surface area contributed by atoms with Crippen LogP contribution in [0, 0.1) is 5.92 Å². The van der Waals surface area contributed by atoms with Crippen molar-refractivity contribution < 1.29 is 19.1 Å². The van der Waals surface area contributed by atoms with Crippen LogP contribution in [0.15, 0.2) is 16.6 Å². The van der Waals surface area contributed by atoms with Gasteiger partial charge in [0.2, 0.25) is 0 Å². The van der Waals surface area contributed by atoms with Gasteiger partial charge < -0.3 is 14.3 Å². The van der Waals surface area contributed by atoms with Crippen molar-refractivity contribution in [1.29, 1.82) is 0 Å². The second kappa shape index (κ2) is 5.74. The second-order valence-corrected chi connectivity index (χ2v) is 5.51. The Bertz CT molecular complexity index is 524. The van der Waals surface area contributed by atoms with E-state index >= 15 is 0 Å². The number of carbonyl (C=O) groups excluding carboxylic acids is 2. The van der Waals surface area contributed by atoms with E-state index in [9.17, 15) is 9.59 Å². The van der Waals surface area contributed by atoms with E-state index in [1.807, 2.05) is 0 Å². The summed E-state index contributed by atoms with van der Waals surface area (Å²) in [5.74, 6) is 0.818. The largest absolute Gasteiger partial charge is 0.486 e. The van der Waals surface area contributed by atoms with Crippen molar-refractivity contribution in [2.45, 2.75) is 20.3 Å².